The monoisotopic (exact) mass is 297 g/mol. The van der Waals surface area contributed by atoms with E-state index in [2.05, 4.69) is 4.98 Å². The molecule has 0 bridgehead atoms. The third-order valence-electron chi connectivity index (χ3n) is 4.46. The third-order valence-corrected chi connectivity index (χ3v) is 4.46. The van der Waals surface area contributed by atoms with Crippen molar-refractivity contribution in [2.24, 2.45) is 0 Å². The van der Waals surface area contributed by atoms with Gasteiger partial charge in [-0.1, -0.05) is 0 Å². The largest absolute Gasteiger partial charge is 0.493 e. The summed E-state index contributed by atoms with van der Waals surface area (Å²) in [4.78, 5) is 16.8. The highest BCUT2D eigenvalue weighted by atomic mass is 16.6. The minimum atomic E-state index is -0.763. The molecule has 22 heavy (non-hydrogen) atoms. The third kappa shape index (κ3) is 1.63. The zero-order valence-corrected chi connectivity index (χ0v) is 12.3. The summed E-state index contributed by atoms with van der Waals surface area (Å²) in [6, 6.07) is 7.48. The van der Waals surface area contributed by atoms with E-state index in [1.807, 2.05) is 18.2 Å². The summed E-state index contributed by atoms with van der Waals surface area (Å²) in [6.07, 6.45) is 3.46. The molecule has 2 aliphatic rings. The lowest BCUT2D eigenvalue weighted by atomic mass is 9.86. The second kappa shape index (κ2) is 4.55. The molecule has 4 rings (SSSR count). The minimum absolute atomic E-state index is 0.0188. The van der Waals surface area contributed by atoms with Crippen LogP contribution in [0.25, 0.3) is 0 Å². The Bertz CT molecular complexity index is 753. The molecule has 1 saturated heterocycles. The number of hydrogen-bond donors (Lipinski definition) is 0. The minimum Gasteiger partial charge on any atom is -0.493 e. The van der Waals surface area contributed by atoms with Crippen LogP contribution in [0, 0.1) is 0 Å². The van der Waals surface area contributed by atoms with E-state index >= 15 is 0 Å². The molecule has 0 N–H and O–H groups in total. The van der Waals surface area contributed by atoms with E-state index in [9.17, 15) is 4.79 Å². The molecule has 5 nitrogen and oxygen atoms in total. The molecule has 2 atom stereocenters. The standard InChI is InChI=1S/C17H15NO4/c1-20-13-7-11-12(8-14(13)21-2)16(19)17(9-22-17)15(11)10-3-5-18-6-4-10/h3-8,15H,9H2,1-2H3. The fraction of sp³-hybridized carbons (Fsp3) is 0.294. The molecule has 2 unspecified atom stereocenters. The van der Waals surface area contributed by atoms with E-state index in [1.165, 1.54) is 0 Å². The highest BCUT2D eigenvalue weighted by Gasteiger charge is 2.64. The van der Waals surface area contributed by atoms with Crippen molar-refractivity contribution >= 4 is 5.78 Å². The molecule has 2 heterocycles. The number of nitrogens with zero attached hydrogens (tertiary/aromatic N) is 1. The Morgan fingerprint density at radius 1 is 1.18 bits per heavy atom. The molecular formula is C17H15NO4. The Balaban J connectivity index is 1.93. The number of pyridine rings is 1. The number of benzene rings is 1. The van der Waals surface area contributed by atoms with Gasteiger partial charge in [0, 0.05) is 23.9 Å². The van der Waals surface area contributed by atoms with Crippen LogP contribution in [0.2, 0.25) is 0 Å². The Morgan fingerprint density at radius 2 is 1.82 bits per heavy atom. The Labute approximate surface area is 127 Å². The van der Waals surface area contributed by atoms with Crippen LogP contribution < -0.4 is 9.47 Å². The molecule has 1 aliphatic carbocycles. The maximum Gasteiger partial charge on any atom is 0.198 e. The Kier molecular flexibility index (Phi) is 2.74. The number of fused-ring (bicyclic) bond motifs is 1. The SMILES string of the molecule is COc1cc2c(cc1OC)C(c1ccncc1)C1(CO1)C2=O. The number of ketones is 1. The fourth-order valence-corrected chi connectivity index (χ4v) is 3.32. The van der Waals surface area contributed by atoms with Gasteiger partial charge in [0.15, 0.2) is 22.9 Å². The molecule has 1 spiro atoms. The van der Waals surface area contributed by atoms with E-state index in [1.54, 1.807) is 32.7 Å². The van der Waals surface area contributed by atoms with Gasteiger partial charge in [0.1, 0.15) is 0 Å². The van der Waals surface area contributed by atoms with Gasteiger partial charge in [0.25, 0.3) is 0 Å². The van der Waals surface area contributed by atoms with Crippen molar-refractivity contribution in [1.29, 1.82) is 0 Å². The van der Waals surface area contributed by atoms with Crippen LogP contribution in [0.1, 0.15) is 27.4 Å². The smallest absolute Gasteiger partial charge is 0.198 e. The van der Waals surface area contributed by atoms with Crippen molar-refractivity contribution < 1.29 is 19.0 Å². The maximum atomic E-state index is 12.8. The average Bonchev–Trinajstić information content (AvgIpc) is 3.32. The van der Waals surface area contributed by atoms with Gasteiger partial charge in [-0.2, -0.15) is 0 Å². The van der Waals surface area contributed by atoms with Crippen molar-refractivity contribution in [2.45, 2.75) is 11.5 Å². The summed E-state index contributed by atoms with van der Waals surface area (Å²) in [6.45, 7) is 0.443. The van der Waals surface area contributed by atoms with Gasteiger partial charge in [-0.3, -0.25) is 9.78 Å². The first kappa shape index (κ1) is 13.3. The van der Waals surface area contributed by atoms with Crippen LogP contribution in [0.4, 0.5) is 0 Å². The topological polar surface area (TPSA) is 61.0 Å². The number of Topliss-reactive ketones (excluding diaryl/α,β-unsaturated/α-hetero) is 1. The van der Waals surface area contributed by atoms with Crippen molar-refractivity contribution in [3.8, 4) is 11.5 Å². The maximum absolute atomic E-state index is 12.8. The van der Waals surface area contributed by atoms with E-state index in [-0.39, 0.29) is 11.7 Å². The fourth-order valence-electron chi connectivity index (χ4n) is 3.32. The van der Waals surface area contributed by atoms with Crippen LogP contribution in [-0.4, -0.2) is 37.2 Å². The molecule has 2 aromatic rings. The number of aromatic nitrogens is 1. The van der Waals surface area contributed by atoms with Gasteiger partial charge in [-0.05, 0) is 35.4 Å². The number of epoxide rings is 1. The molecular weight excluding hydrogens is 282 g/mol. The first-order valence-electron chi connectivity index (χ1n) is 7.06. The van der Waals surface area contributed by atoms with Gasteiger partial charge in [0.05, 0.1) is 20.8 Å². The van der Waals surface area contributed by atoms with Crippen molar-refractivity contribution in [3.63, 3.8) is 0 Å². The lowest BCUT2D eigenvalue weighted by Gasteiger charge is -2.17. The number of hydrogen-bond acceptors (Lipinski definition) is 5. The summed E-state index contributed by atoms with van der Waals surface area (Å²) < 4.78 is 16.3. The molecule has 1 aliphatic heterocycles. The number of carbonyl (C=O) groups excluding carboxylic acids is 1. The van der Waals surface area contributed by atoms with Crippen LogP contribution >= 0.6 is 0 Å². The van der Waals surface area contributed by atoms with Gasteiger partial charge in [-0.25, -0.2) is 0 Å². The summed E-state index contributed by atoms with van der Waals surface area (Å²) in [7, 11) is 3.15. The van der Waals surface area contributed by atoms with E-state index in [0.29, 0.717) is 23.7 Å². The average molecular weight is 297 g/mol. The molecule has 1 aromatic carbocycles. The quantitative estimate of drug-likeness (QED) is 0.813. The van der Waals surface area contributed by atoms with Crippen LogP contribution in [0.15, 0.2) is 36.7 Å². The van der Waals surface area contributed by atoms with E-state index in [0.717, 1.165) is 11.1 Å². The van der Waals surface area contributed by atoms with Gasteiger partial charge in [0.2, 0.25) is 0 Å². The summed E-state index contributed by atoms with van der Waals surface area (Å²) in [5.41, 5.74) is 1.83. The first-order chi connectivity index (χ1) is 10.7. The first-order valence-corrected chi connectivity index (χ1v) is 7.06. The van der Waals surface area contributed by atoms with Crippen molar-refractivity contribution in [3.05, 3.63) is 53.3 Å². The van der Waals surface area contributed by atoms with Crippen molar-refractivity contribution in [1.82, 2.24) is 4.98 Å². The summed E-state index contributed by atoms with van der Waals surface area (Å²) in [5, 5.41) is 0. The lowest BCUT2D eigenvalue weighted by molar-refractivity contribution is 0.0882. The number of methoxy groups -OCH3 is 2. The van der Waals surface area contributed by atoms with Crippen LogP contribution in [0.3, 0.4) is 0 Å². The van der Waals surface area contributed by atoms with Gasteiger partial charge in [-0.15, -0.1) is 0 Å². The number of rotatable bonds is 3. The predicted octanol–water partition coefficient (Wildman–Crippen LogP) is 2.20. The summed E-state index contributed by atoms with van der Waals surface area (Å²) >= 11 is 0. The predicted molar refractivity (Wildman–Crippen MR) is 78.6 cm³/mol. The van der Waals surface area contributed by atoms with Crippen LogP contribution in [0.5, 0.6) is 11.5 Å². The molecule has 112 valence electrons. The number of carbonyl (C=O) groups is 1. The van der Waals surface area contributed by atoms with Crippen molar-refractivity contribution in [2.75, 3.05) is 20.8 Å². The van der Waals surface area contributed by atoms with E-state index in [4.69, 9.17) is 14.2 Å². The molecule has 1 fully saturated rings. The summed E-state index contributed by atoms with van der Waals surface area (Å²) in [5.74, 6) is 1.06. The second-order valence-electron chi connectivity index (χ2n) is 5.52. The van der Waals surface area contributed by atoms with Gasteiger partial charge >= 0.3 is 0 Å². The zero-order valence-electron chi connectivity index (χ0n) is 12.3. The van der Waals surface area contributed by atoms with Crippen LogP contribution in [-0.2, 0) is 4.74 Å². The lowest BCUT2D eigenvalue weighted by Crippen LogP contribution is -2.25. The highest BCUT2D eigenvalue weighted by Crippen LogP contribution is 2.55. The molecule has 5 heteroatoms. The molecule has 0 saturated carbocycles. The highest BCUT2D eigenvalue weighted by molar-refractivity contribution is 6.10. The second-order valence-corrected chi connectivity index (χ2v) is 5.52. The molecule has 1 aromatic heterocycles. The normalized spacial score (nSPS) is 25.2. The zero-order chi connectivity index (χ0) is 15.3. The Hall–Kier alpha value is -2.40. The van der Waals surface area contributed by atoms with Gasteiger partial charge < -0.3 is 14.2 Å². The molecule has 0 radical (unpaired) electrons. The van der Waals surface area contributed by atoms with E-state index < -0.39 is 5.60 Å². The number of ether oxygens (including phenoxy) is 3. The molecule has 0 amide bonds. The Morgan fingerprint density at radius 3 is 2.41 bits per heavy atom.